The van der Waals surface area contributed by atoms with Gasteiger partial charge in [-0.1, -0.05) is 30.3 Å². The van der Waals surface area contributed by atoms with Crippen molar-refractivity contribution in [1.82, 2.24) is 15.5 Å². The number of nitrogens with one attached hydrogen (secondary N) is 2. The lowest BCUT2D eigenvalue weighted by atomic mass is 10.2. The van der Waals surface area contributed by atoms with E-state index in [1.54, 1.807) is 7.05 Å². The molecule has 4 heteroatoms. The van der Waals surface area contributed by atoms with Crippen LogP contribution in [0.15, 0.2) is 30.3 Å². The number of hydrogen-bond donors (Lipinski definition) is 2. The van der Waals surface area contributed by atoms with E-state index in [1.165, 1.54) is 5.56 Å². The molecule has 1 aromatic rings. The van der Waals surface area contributed by atoms with E-state index >= 15 is 0 Å². The molecule has 0 radical (unpaired) electrons. The Morgan fingerprint density at radius 3 is 2.63 bits per heavy atom. The number of carbonyl (C=O) groups is 1. The molecule has 4 nitrogen and oxygen atoms in total. The summed E-state index contributed by atoms with van der Waals surface area (Å²) in [4.78, 5) is 13.3. The van der Waals surface area contributed by atoms with Crippen molar-refractivity contribution in [3.05, 3.63) is 35.9 Å². The van der Waals surface area contributed by atoms with Crippen LogP contribution in [0.3, 0.4) is 0 Å². The van der Waals surface area contributed by atoms with Gasteiger partial charge < -0.3 is 15.5 Å². The molecule has 1 rings (SSSR count). The third-order valence-corrected chi connectivity index (χ3v) is 3.00. The van der Waals surface area contributed by atoms with Gasteiger partial charge in [-0.25, -0.2) is 0 Å². The maximum atomic E-state index is 11.0. The quantitative estimate of drug-likeness (QED) is 0.659. The van der Waals surface area contributed by atoms with Crippen molar-refractivity contribution >= 4 is 5.91 Å². The Kier molecular flexibility index (Phi) is 7.86. The molecule has 1 amide bonds. The second-order valence-corrected chi connectivity index (χ2v) is 4.75. The molecule has 0 atom stereocenters. The highest BCUT2D eigenvalue weighted by molar-refractivity contribution is 5.75. The van der Waals surface area contributed by atoms with Gasteiger partial charge in [-0.3, -0.25) is 4.79 Å². The molecular formula is C15H25N3O. The Hall–Kier alpha value is -1.39. The molecule has 0 unspecified atom stereocenters. The number of rotatable bonds is 9. The topological polar surface area (TPSA) is 44.4 Å². The van der Waals surface area contributed by atoms with Crippen LogP contribution < -0.4 is 10.6 Å². The number of benzene rings is 1. The first-order chi connectivity index (χ1) is 9.22. The summed E-state index contributed by atoms with van der Waals surface area (Å²) in [6.45, 7) is 3.75. The smallest absolute Gasteiger partial charge is 0.221 e. The first-order valence-electron chi connectivity index (χ1n) is 6.86. The third-order valence-electron chi connectivity index (χ3n) is 3.00. The van der Waals surface area contributed by atoms with Gasteiger partial charge >= 0.3 is 0 Å². The molecule has 0 aliphatic rings. The van der Waals surface area contributed by atoms with Crippen LogP contribution in [0.1, 0.15) is 18.4 Å². The molecule has 106 valence electrons. The Morgan fingerprint density at radius 2 is 1.95 bits per heavy atom. The minimum absolute atomic E-state index is 0.0914. The van der Waals surface area contributed by atoms with Crippen molar-refractivity contribution < 1.29 is 4.79 Å². The van der Waals surface area contributed by atoms with Crippen molar-refractivity contribution in [1.29, 1.82) is 0 Å². The van der Waals surface area contributed by atoms with Crippen LogP contribution in [-0.2, 0) is 11.3 Å². The fraction of sp³-hybridized carbons (Fsp3) is 0.533. The van der Waals surface area contributed by atoms with Gasteiger partial charge in [-0.05, 0) is 32.1 Å². The van der Waals surface area contributed by atoms with Crippen LogP contribution in [-0.4, -0.2) is 44.5 Å². The highest BCUT2D eigenvalue weighted by Gasteiger charge is 2.00. The Bertz CT molecular complexity index is 354. The van der Waals surface area contributed by atoms with Crippen LogP contribution in [0.5, 0.6) is 0 Å². The van der Waals surface area contributed by atoms with Crippen LogP contribution in [0.4, 0.5) is 0 Å². The molecule has 0 heterocycles. The van der Waals surface area contributed by atoms with Gasteiger partial charge in [0.25, 0.3) is 0 Å². The average molecular weight is 263 g/mol. The van der Waals surface area contributed by atoms with Gasteiger partial charge in [0, 0.05) is 26.6 Å². The molecular weight excluding hydrogens is 238 g/mol. The molecule has 0 aliphatic heterocycles. The molecule has 19 heavy (non-hydrogen) atoms. The standard InChI is InChI=1S/C15H25N3O/c1-16-15(19)9-11-17-10-6-12-18(2)13-14-7-4-3-5-8-14/h3-5,7-8,17H,6,9-13H2,1-2H3,(H,16,19). The van der Waals surface area contributed by atoms with Crippen molar-refractivity contribution in [2.75, 3.05) is 33.7 Å². The summed E-state index contributed by atoms with van der Waals surface area (Å²) in [5.41, 5.74) is 1.34. The van der Waals surface area contributed by atoms with Crippen LogP contribution in [0.25, 0.3) is 0 Å². The molecule has 0 fully saturated rings. The van der Waals surface area contributed by atoms with Crippen molar-refractivity contribution in [2.45, 2.75) is 19.4 Å². The van der Waals surface area contributed by atoms with E-state index in [2.05, 4.69) is 46.8 Å². The molecule has 0 aliphatic carbocycles. The van der Waals surface area contributed by atoms with Gasteiger partial charge in [0.15, 0.2) is 0 Å². The minimum Gasteiger partial charge on any atom is -0.359 e. The molecule has 0 saturated heterocycles. The van der Waals surface area contributed by atoms with Gasteiger partial charge in [-0.15, -0.1) is 0 Å². The summed E-state index contributed by atoms with van der Waals surface area (Å²) in [5.74, 6) is 0.0914. The van der Waals surface area contributed by atoms with Gasteiger partial charge in [0.1, 0.15) is 0 Å². The molecule has 0 aromatic heterocycles. The van der Waals surface area contributed by atoms with Gasteiger partial charge in [0.2, 0.25) is 5.91 Å². The summed E-state index contributed by atoms with van der Waals surface area (Å²) in [6, 6.07) is 10.5. The first-order valence-corrected chi connectivity index (χ1v) is 6.86. The molecule has 1 aromatic carbocycles. The highest BCUT2D eigenvalue weighted by Crippen LogP contribution is 2.02. The third kappa shape index (κ3) is 7.59. The summed E-state index contributed by atoms with van der Waals surface area (Å²) in [7, 11) is 3.80. The zero-order valence-corrected chi connectivity index (χ0v) is 12.0. The van der Waals surface area contributed by atoms with Crippen molar-refractivity contribution in [3.8, 4) is 0 Å². The van der Waals surface area contributed by atoms with Gasteiger partial charge in [-0.2, -0.15) is 0 Å². The zero-order chi connectivity index (χ0) is 13.9. The fourth-order valence-corrected chi connectivity index (χ4v) is 1.90. The number of nitrogens with zero attached hydrogens (tertiary/aromatic N) is 1. The van der Waals surface area contributed by atoms with E-state index in [-0.39, 0.29) is 5.91 Å². The summed E-state index contributed by atoms with van der Waals surface area (Å²) in [5, 5.41) is 5.90. The van der Waals surface area contributed by atoms with Crippen molar-refractivity contribution in [3.63, 3.8) is 0 Å². The number of carbonyl (C=O) groups excluding carboxylic acids is 1. The zero-order valence-electron chi connectivity index (χ0n) is 12.0. The Balaban J connectivity index is 2.01. The van der Waals surface area contributed by atoms with Gasteiger partial charge in [0.05, 0.1) is 0 Å². The minimum atomic E-state index is 0.0914. The molecule has 0 saturated carbocycles. The highest BCUT2D eigenvalue weighted by atomic mass is 16.1. The lowest BCUT2D eigenvalue weighted by Crippen LogP contribution is -2.27. The maximum Gasteiger partial charge on any atom is 0.221 e. The molecule has 0 bridgehead atoms. The summed E-state index contributed by atoms with van der Waals surface area (Å²) < 4.78 is 0. The van der Waals surface area contributed by atoms with Crippen LogP contribution in [0.2, 0.25) is 0 Å². The number of amides is 1. The SMILES string of the molecule is CNC(=O)CCNCCCN(C)Cc1ccccc1. The second-order valence-electron chi connectivity index (χ2n) is 4.75. The number of hydrogen-bond acceptors (Lipinski definition) is 3. The van der Waals surface area contributed by atoms with E-state index in [9.17, 15) is 4.79 Å². The lowest BCUT2D eigenvalue weighted by Gasteiger charge is -2.16. The predicted octanol–water partition coefficient (Wildman–Crippen LogP) is 1.23. The van der Waals surface area contributed by atoms with E-state index in [0.29, 0.717) is 6.42 Å². The van der Waals surface area contributed by atoms with Crippen LogP contribution in [0, 0.1) is 0 Å². The van der Waals surface area contributed by atoms with Crippen LogP contribution >= 0.6 is 0 Å². The molecule has 2 N–H and O–H groups in total. The predicted molar refractivity (Wildman–Crippen MR) is 78.9 cm³/mol. The Morgan fingerprint density at radius 1 is 1.21 bits per heavy atom. The van der Waals surface area contributed by atoms with E-state index in [1.807, 2.05) is 6.07 Å². The maximum absolute atomic E-state index is 11.0. The first kappa shape index (κ1) is 15.7. The molecule has 0 spiro atoms. The van der Waals surface area contributed by atoms with E-state index < -0.39 is 0 Å². The largest absolute Gasteiger partial charge is 0.359 e. The Labute approximate surface area is 116 Å². The normalized spacial score (nSPS) is 10.7. The van der Waals surface area contributed by atoms with E-state index in [4.69, 9.17) is 0 Å². The summed E-state index contributed by atoms with van der Waals surface area (Å²) >= 11 is 0. The average Bonchev–Trinajstić information content (AvgIpc) is 2.43. The van der Waals surface area contributed by atoms with Crippen molar-refractivity contribution in [2.24, 2.45) is 0 Å². The van der Waals surface area contributed by atoms with E-state index in [0.717, 1.165) is 32.6 Å². The monoisotopic (exact) mass is 263 g/mol. The lowest BCUT2D eigenvalue weighted by molar-refractivity contribution is -0.120. The fourth-order valence-electron chi connectivity index (χ4n) is 1.90. The second kappa shape index (κ2) is 9.53. The summed E-state index contributed by atoms with van der Waals surface area (Å²) in [6.07, 6.45) is 1.65.